The Hall–Kier alpha value is -5.90. The van der Waals surface area contributed by atoms with Crippen LogP contribution in [0.15, 0.2) is 109 Å². The highest BCUT2D eigenvalue weighted by Gasteiger charge is 2.71. The highest BCUT2D eigenvalue weighted by atomic mass is 16.5. The van der Waals surface area contributed by atoms with E-state index in [9.17, 15) is 19.5 Å². The number of fused-ring (bicyclic) bond motifs is 4. The number of rotatable bonds is 8. The minimum absolute atomic E-state index is 0.145. The SMILES string of the molecule is COc1cc(O)c([C@H]2C3=CC[C@@H]4C(=O)N(Cc5ccccc5)C(=O)[C@@H]4[C@@H]3C[C@H]3C(=O)N(Nc4ccc(C)cc4)C(=O)[C@@]23c2ccccc2)c(OC)c1. The average Bonchev–Trinajstić information content (AvgIpc) is 3.53. The van der Waals surface area contributed by atoms with Gasteiger partial charge in [-0.2, -0.15) is 5.01 Å². The van der Waals surface area contributed by atoms with Crippen LogP contribution < -0.4 is 14.9 Å². The Kier molecular flexibility index (Phi) is 8.12. The predicted octanol–water partition coefficient (Wildman–Crippen LogP) is 5.90. The van der Waals surface area contributed by atoms with Gasteiger partial charge in [-0.3, -0.25) is 29.5 Å². The molecule has 2 aliphatic carbocycles. The van der Waals surface area contributed by atoms with E-state index in [1.54, 1.807) is 18.2 Å². The minimum Gasteiger partial charge on any atom is -0.507 e. The number of phenols is 1. The molecular formula is C42H39N3O7. The number of aryl methyl sites for hydroxylation is 1. The number of hydrogen-bond donors (Lipinski definition) is 2. The Balaban J connectivity index is 1.33. The smallest absolute Gasteiger partial charge is 0.260 e. The Morgan fingerprint density at radius 2 is 1.52 bits per heavy atom. The van der Waals surface area contributed by atoms with Crippen molar-refractivity contribution in [2.24, 2.45) is 23.7 Å². The number of hydrazine groups is 1. The van der Waals surface area contributed by atoms with Gasteiger partial charge in [-0.1, -0.05) is 90.0 Å². The zero-order chi connectivity index (χ0) is 36.3. The van der Waals surface area contributed by atoms with E-state index in [0.29, 0.717) is 22.6 Å². The molecule has 1 saturated carbocycles. The number of amides is 4. The van der Waals surface area contributed by atoms with Crippen molar-refractivity contribution in [2.45, 2.75) is 37.6 Å². The first-order valence-electron chi connectivity index (χ1n) is 17.5. The topological polar surface area (TPSA) is 125 Å². The predicted molar refractivity (Wildman–Crippen MR) is 192 cm³/mol. The van der Waals surface area contributed by atoms with E-state index in [1.807, 2.05) is 85.8 Å². The van der Waals surface area contributed by atoms with Crippen molar-refractivity contribution in [1.29, 1.82) is 0 Å². The number of carbonyl (C=O) groups excluding carboxylic acids is 4. The maximum Gasteiger partial charge on any atom is 0.260 e. The third kappa shape index (κ3) is 4.92. The van der Waals surface area contributed by atoms with Gasteiger partial charge in [0.15, 0.2) is 0 Å². The standard InChI is InChI=1S/C42H39N3O7/c1-24-14-16-27(17-15-24)43-45-39(48)32-22-31-29(18-19-30-35(31)40(49)44(38(30)47)23-25-10-6-4-7-11-25)37(36-33(46)20-28(51-2)21-34(36)52-3)42(32,41(45)50)26-12-8-5-9-13-26/h4-18,20-21,30-32,35,37,43,46H,19,22-23H2,1-3H3/t30-,31+,32-,35-,37+,42+/m0/s1. The first kappa shape index (κ1) is 33.3. The molecule has 10 nitrogen and oxygen atoms in total. The first-order chi connectivity index (χ1) is 25.2. The highest BCUT2D eigenvalue weighted by molar-refractivity contribution is 6.13. The van der Waals surface area contributed by atoms with Crippen molar-refractivity contribution < 1.29 is 33.8 Å². The van der Waals surface area contributed by atoms with Crippen LogP contribution >= 0.6 is 0 Å². The molecule has 0 unspecified atom stereocenters. The number of allylic oxidation sites excluding steroid dienone is 2. The van der Waals surface area contributed by atoms with Gasteiger partial charge >= 0.3 is 0 Å². The maximum atomic E-state index is 15.4. The van der Waals surface area contributed by atoms with Gasteiger partial charge in [-0.05, 0) is 48.9 Å². The highest BCUT2D eigenvalue weighted by Crippen LogP contribution is 2.66. The Morgan fingerprint density at radius 3 is 2.19 bits per heavy atom. The molecular weight excluding hydrogens is 658 g/mol. The van der Waals surface area contributed by atoms with Crippen molar-refractivity contribution in [1.82, 2.24) is 9.91 Å². The summed E-state index contributed by atoms with van der Waals surface area (Å²) in [5.41, 5.74) is 5.58. The van der Waals surface area contributed by atoms with Gasteiger partial charge in [0.1, 0.15) is 17.2 Å². The summed E-state index contributed by atoms with van der Waals surface area (Å²) < 4.78 is 11.4. The molecule has 3 fully saturated rings. The number of likely N-dealkylation sites (tertiary alicyclic amines) is 1. The molecule has 0 spiro atoms. The molecule has 4 aromatic carbocycles. The van der Waals surface area contributed by atoms with E-state index in [-0.39, 0.29) is 42.7 Å². The van der Waals surface area contributed by atoms with Crippen molar-refractivity contribution in [3.63, 3.8) is 0 Å². The van der Waals surface area contributed by atoms with Gasteiger partial charge in [-0.15, -0.1) is 0 Å². The van der Waals surface area contributed by atoms with Crippen molar-refractivity contribution in [3.8, 4) is 17.2 Å². The van der Waals surface area contributed by atoms with Gasteiger partial charge < -0.3 is 14.6 Å². The fraction of sp³-hybridized carbons (Fsp3) is 0.286. The molecule has 0 aromatic heterocycles. The second kappa shape index (κ2) is 12.7. The van der Waals surface area contributed by atoms with Gasteiger partial charge in [0.2, 0.25) is 11.8 Å². The number of benzene rings is 4. The number of nitrogens with zero attached hydrogens (tertiary/aromatic N) is 2. The molecule has 52 heavy (non-hydrogen) atoms. The molecule has 2 aliphatic heterocycles. The summed E-state index contributed by atoms with van der Waals surface area (Å²) >= 11 is 0. The van der Waals surface area contributed by atoms with E-state index in [4.69, 9.17) is 9.47 Å². The summed E-state index contributed by atoms with van der Waals surface area (Å²) in [6, 6.07) is 29.1. The zero-order valence-electron chi connectivity index (χ0n) is 29.1. The monoisotopic (exact) mass is 697 g/mol. The fourth-order valence-corrected chi connectivity index (χ4v) is 9.21. The number of imide groups is 2. The second-order valence-corrected chi connectivity index (χ2v) is 14.1. The van der Waals surface area contributed by atoms with Crippen LogP contribution in [-0.2, 0) is 31.1 Å². The fourth-order valence-electron chi connectivity index (χ4n) is 9.21. The number of methoxy groups -OCH3 is 2. The Morgan fingerprint density at radius 1 is 0.827 bits per heavy atom. The number of ether oxygens (including phenoxy) is 2. The molecule has 2 saturated heterocycles. The zero-order valence-corrected chi connectivity index (χ0v) is 29.1. The lowest BCUT2D eigenvalue weighted by molar-refractivity contribution is -0.142. The lowest BCUT2D eigenvalue weighted by Gasteiger charge is -2.50. The lowest BCUT2D eigenvalue weighted by Crippen LogP contribution is -2.53. The van der Waals surface area contributed by atoms with Gasteiger partial charge in [0.25, 0.3) is 11.8 Å². The number of phenolic OH excluding ortho intramolecular Hbond substituents is 1. The van der Waals surface area contributed by atoms with E-state index in [2.05, 4.69) is 5.43 Å². The molecule has 2 heterocycles. The first-order valence-corrected chi connectivity index (χ1v) is 17.5. The van der Waals surface area contributed by atoms with Crippen LogP contribution in [0.2, 0.25) is 0 Å². The van der Waals surface area contributed by atoms with Crippen LogP contribution in [0.3, 0.4) is 0 Å². The van der Waals surface area contributed by atoms with Gasteiger partial charge in [0.05, 0.1) is 49.6 Å². The van der Waals surface area contributed by atoms with Crippen LogP contribution in [0, 0.1) is 30.6 Å². The molecule has 264 valence electrons. The maximum absolute atomic E-state index is 15.4. The molecule has 4 aromatic rings. The van der Waals surface area contributed by atoms with E-state index < -0.39 is 46.8 Å². The number of anilines is 1. The van der Waals surface area contributed by atoms with Crippen LogP contribution in [0.25, 0.3) is 0 Å². The summed E-state index contributed by atoms with van der Waals surface area (Å²) in [4.78, 5) is 60.0. The third-order valence-electron chi connectivity index (χ3n) is 11.5. The molecule has 4 aliphatic rings. The summed E-state index contributed by atoms with van der Waals surface area (Å²) in [5, 5.41) is 13.0. The molecule has 0 radical (unpaired) electrons. The molecule has 8 rings (SSSR count). The van der Waals surface area contributed by atoms with E-state index >= 15 is 4.79 Å². The van der Waals surface area contributed by atoms with E-state index in [0.717, 1.165) is 21.7 Å². The summed E-state index contributed by atoms with van der Waals surface area (Å²) in [6.45, 7) is 2.10. The van der Waals surface area contributed by atoms with Crippen LogP contribution in [0.4, 0.5) is 5.69 Å². The number of carbonyl (C=O) groups is 4. The summed E-state index contributed by atoms with van der Waals surface area (Å²) in [6.07, 6.45) is 2.38. The van der Waals surface area contributed by atoms with Crippen LogP contribution in [0.5, 0.6) is 17.2 Å². The normalized spacial score (nSPS) is 26.4. The quantitative estimate of drug-likeness (QED) is 0.172. The largest absolute Gasteiger partial charge is 0.507 e. The molecule has 0 bridgehead atoms. The minimum atomic E-state index is -1.56. The lowest BCUT2D eigenvalue weighted by atomic mass is 9.49. The number of nitrogens with one attached hydrogen (secondary N) is 1. The third-order valence-corrected chi connectivity index (χ3v) is 11.5. The Labute approximate surface area is 301 Å². The molecule has 4 amide bonds. The summed E-state index contributed by atoms with van der Waals surface area (Å²) in [7, 11) is 2.96. The number of hydrogen-bond acceptors (Lipinski definition) is 8. The average molecular weight is 698 g/mol. The van der Waals surface area contributed by atoms with Crippen molar-refractivity contribution >= 4 is 29.3 Å². The molecule has 6 atom stereocenters. The van der Waals surface area contributed by atoms with Gasteiger partial charge in [0, 0.05) is 23.6 Å². The van der Waals surface area contributed by atoms with Crippen LogP contribution in [-0.4, -0.2) is 52.9 Å². The van der Waals surface area contributed by atoms with E-state index in [1.165, 1.54) is 25.2 Å². The number of aromatic hydroxyl groups is 1. The Bertz CT molecular complexity index is 2120. The van der Waals surface area contributed by atoms with Crippen LogP contribution in [0.1, 0.15) is 41.0 Å². The van der Waals surface area contributed by atoms with Gasteiger partial charge in [-0.25, -0.2) is 0 Å². The molecule has 2 N–H and O–H groups in total. The van der Waals surface area contributed by atoms with Crippen molar-refractivity contribution in [3.05, 3.63) is 131 Å². The second-order valence-electron chi connectivity index (χ2n) is 14.1. The summed E-state index contributed by atoms with van der Waals surface area (Å²) in [5.74, 6) is -4.91. The molecule has 10 heteroatoms. The van der Waals surface area contributed by atoms with Crippen molar-refractivity contribution in [2.75, 3.05) is 19.6 Å².